The van der Waals surface area contributed by atoms with Crippen molar-refractivity contribution in [1.29, 1.82) is 0 Å². The molecule has 12 amide bonds. The molecule has 0 spiro atoms. The Morgan fingerprint density at radius 1 is 0.737 bits per heavy atom. The van der Waals surface area contributed by atoms with Gasteiger partial charge in [0.05, 0.1) is 61.3 Å². The van der Waals surface area contributed by atoms with E-state index in [1.165, 1.54) is 16.7 Å². The van der Waals surface area contributed by atoms with E-state index in [0.717, 1.165) is 12.2 Å². The van der Waals surface area contributed by atoms with Crippen molar-refractivity contribution in [2.24, 2.45) is 0 Å². The second kappa shape index (κ2) is 32.3. The van der Waals surface area contributed by atoms with Gasteiger partial charge >= 0.3 is 5.97 Å². The van der Waals surface area contributed by atoms with Crippen molar-refractivity contribution in [2.45, 2.75) is 127 Å². The number of aryl methyl sites for hydroxylation is 1. The first-order valence-corrected chi connectivity index (χ1v) is 31.7. The van der Waals surface area contributed by atoms with Crippen molar-refractivity contribution in [3.8, 4) is 11.4 Å². The maximum Gasteiger partial charge on any atom is 0.343 e. The lowest BCUT2D eigenvalue weighted by Crippen LogP contribution is -2.53. The van der Waals surface area contributed by atoms with E-state index in [1.807, 2.05) is 0 Å². The Morgan fingerprint density at radius 2 is 1.39 bits per heavy atom. The lowest BCUT2D eigenvalue weighted by Gasteiger charge is -2.31. The van der Waals surface area contributed by atoms with Gasteiger partial charge in [0.15, 0.2) is 11.8 Å². The van der Waals surface area contributed by atoms with Crippen molar-refractivity contribution in [3.63, 3.8) is 0 Å². The molecule has 99 heavy (non-hydrogen) atoms. The van der Waals surface area contributed by atoms with Gasteiger partial charge in [-0.05, 0) is 60.9 Å². The largest absolute Gasteiger partial charge is 0.458 e. The maximum atomic E-state index is 15.5. The minimum atomic E-state index is -2.09. The average molecular weight is 1380 g/mol. The van der Waals surface area contributed by atoms with Crippen molar-refractivity contribution in [1.82, 2.24) is 67.6 Å². The fourth-order valence-corrected chi connectivity index (χ4v) is 12.0. The predicted molar refractivity (Wildman–Crippen MR) is 337 cm³/mol. The fraction of sp³-hybridized carbons (Fsp3) is 0.453. The monoisotopic (exact) mass is 1380 g/mol. The highest BCUT2D eigenvalue weighted by atomic mass is 19.1. The Kier molecular flexibility index (Phi) is 23.7. The van der Waals surface area contributed by atoms with Gasteiger partial charge in [-0.15, -0.1) is 0 Å². The van der Waals surface area contributed by atoms with Gasteiger partial charge in [-0.25, -0.2) is 14.2 Å². The number of aliphatic hydroxyl groups excluding tert-OH is 3. The molecule has 1 fully saturated rings. The molecule has 34 nitrogen and oxygen atoms in total. The van der Waals surface area contributed by atoms with E-state index >= 15 is 4.39 Å². The number of nitrogens with zero attached hydrogens (tertiary/aromatic N) is 3. The topological polar surface area (TPSA) is 489 Å². The van der Waals surface area contributed by atoms with Crippen molar-refractivity contribution in [2.75, 3.05) is 59.2 Å². The van der Waals surface area contributed by atoms with E-state index < -0.39 is 202 Å². The Labute approximate surface area is 561 Å². The van der Waals surface area contributed by atoms with E-state index in [-0.39, 0.29) is 62.1 Å². The Hall–Kier alpha value is -10.5. The van der Waals surface area contributed by atoms with Crippen molar-refractivity contribution in [3.05, 3.63) is 110 Å². The molecule has 0 radical (unpaired) electrons. The molecule has 2 aromatic carbocycles. The van der Waals surface area contributed by atoms with Crippen LogP contribution in [0.3, 0.4) is 0 Å². The van der Waals surface area contributed by atoms with Gasteiger partial charge in [0, 0.05) is 73.5 Å². The van der Waals surface area contributed by atoms with Crippen LogP contribution in [0.1, 0.15) is 90.4 Å². The van der Waals surface area contributed by atoms with Gasteiger partial charge in [0.1, 0.15) is 62.7 Å². The smallest absolute Gasteiger partial charge is 0.343 e. The number of hydrogen-bond acceptors (Lipinski definition) is 22. The second-order valence-electron chi connectivity index (χ2n) is 23.9. The first-order chi connectivity index (χ1) is 47.3. The molecule has 1 saturated heterocycles. The molecule has 8 atom stereocenters. The summed E-state index contributed by atoms with van der Waals surface area (Å²) in [6.45, 7) is -2.02. The number of aliphatic hydroxyl groups is 4. The van der Waals surface area contributed by atoms with Gasteiger partial charge in [-0.1, -0.05) is 37.3 Å². The number of rotatable bonds is 31. The molecule has 528 valence electrons. The highest BCUT2D eigenvalue weighted by Gasteiger charge is 2.47. The summed E-state index contributed by atoms with van der Waals surface area (Å²) in [5, 5.41) is 66.2. The second-order valence-corrected chi connectivity index (χ2v) is 23.9. The number of ether oxygens (including phenoxy) is 3. The van der Waals surface area contributed by atoms with Crippen LogP contribution in [-0.4, -0.2) is 208 Å². The Bertz CT molecular complexity index is 3980. The zero-order valence-electron chi connectivity index (χ0n) is 53.6. The molecule has 5 aliphatic rings. The number of benzene rings is 2. The molecule has 1 aliphatic carbocycles. The van der Waals surface area contributed by atoms with Gasteiger partial charge < -0.3 is 92.4 Å². The van der Waals surface area contributed by atoms with Gasteiger partial charge in [0.25, 0.3) is 17.4 Å². The predicted octanol–water partition coefficient (Wildman–Crippen LogP) is -5.45. The first kappa shape index (κ1) is 72.8. The number of carbonyl (C=O) groups excluding carboxylic acids is 13. The average Bonchev–Trinajstić information content (AvgIpc) is 1.61. The molecule has 4 aromatic rings. The number of hydrogen-bond donors (Lipinski definition) is 14. The molecule has 6 heterocycles. The Morgan fingerprint density at radius 3 is 2.08 bits per heavy atom. The van der Waals surface area contributed by atoms with Crippen LogP contribution in [0.2, 0.25) is 0 Å². The van der Waals surface area contributed by atoms with E-state index in [0.29, 0.717) is 62.3 Å². The summed E-state index contributed by atoms with van der Waals surface area (Å²) in [7, 11) is 0. The molecule has 35 heteroatoms. The number of imide groups is 1. The zero-order valence-corrected chi connectivity index (χ0v) is 53.6. The van der Waals surface area contributed by atoms with Crippen LogP contribution >= 0.6 is 0 Å². The number of aromatic nitrogens is 2. The quantitative estimate of drug-likeness (QED) is 0.00852. The van der Waals surface area contributed by atoms with Crippen LogP contribution in [0.25, 0.3) is 22.3 Å². The molecular formula is C64H74FN13O21. The molecule has 1 unspecified atom stereocenters. The minimum Gasteiger partial charge on any atom is -0.458 e. The number of halogens is 1. The van der Waals surface area contributed by atoms with Crippen LogP contribution in [0.4, 0.5) is 4.39 Å². The molecule has 2 aromatic heterocycles. The summed E-state index contributed by atoms with van der Waals surface area (Å²) < 4.78 is 32.9. The molecular weight excluding hydrogens is 1310 g/mol. The van der Waals surface area contributed by atoms with Crippen LogP contribution in [0, 0.1) is 12.7 Å². The highest BCUT2D eigenvalue weighted by molar-refractivity contribution is 6.14. The van der Waals surface area contributed by atoms with E-state index in [4.69, 9.17) is 19.2 Å². The van der Waals surface area contributed by atoms with Crippen molar-refractivity contribution >= 4 is 87.8 Å². The van der Waals surface area contributed by atoms with Gasteiger partial charge in [0.2, 0.25) is 59.1 Å². The first-order valence-electron chi connectivity index (χ1n) is 31.7. The number of pyridine rings is 2. The molecule has 9 rings (SSSR count). The number of carbonyl (C=O) groups is 13. The normalized spacial score (nSPS) is 19.9. The summed E-state index contributed by atoms with van der Waals surface area (Å²) in [5.41, 5.74) is 1.35. The number of esters is 1. The lowest BCUT2D eigenvalue weighted by atomic mass is 9.81. The standard InChI is InChI=1S/C64H74FN13O21/c1-3-64(96)36-20-42-56-34(25-77(42)62(94)35(36)28-98-63(64)95)55-38(10-9-33-31(2)37(65)21-40(75-56)54(33)55)72-51(87)29-97-30-71-48(84)23-70-60(93)41(19-32-7-5-4-6-8-32)74-49(85)24-68-47(83)22-69-59(92)39(11-12-45(81)76-61-58(91)57(90)43(27-79)99-61)73-46(82)16-18-66-44(80)15-17-67-50(86)26-78-52(88)13-14-53(78)89/h4-8,13-14,20-21,38-39,41,43,57-58,61,79,90-91,96H,3,9-12,15-19,22-30H2,1-2H3,(H,66,80)(H,67,86)(H,68,83)(H,69,92)(H,70,93)(H,71,84)(H,72,87)(H,73,82)(H,74,85)(H,76,81)/t38-,39-,41-,43+,57+,58+,61?,64-/m0/s1. The Balaban J connectivity index is 0.732. The maximum absolute atomic E-state index is 15.5. The van der Waals surface area contributed by atoms with Gasteiger partial charge in [-0.3, -0.25) is 67.2 Å². The third kappa shape index (κ3) is 17.3. The van der Waals surface area contributed by atoms with Crippen LogP contribution in [0.5, 0.6) is 0 Å². The van der Waals surface area contributed by atoms with Crippen LogP contribution in [0.15, 0.2) is 59.4 Å². The lowest BCUT2D eigenvalue weighted by molar-refractivity contribution is -0.172. The molecule has 14 N–H and O–H groups in total. The van der Waals surface area contributed by atoms with Gasteiger partial charge in [-0.2, -0.15) is 0 Å². The SMILES string of the molecule is CC[C@@]1(O)C(=O)OCc2c1cc1n(c2=O)Cc2c-1nc1cc(F)c(C)c3c1c2[C@@H](NC(=O)COCNC(=O)CNC(=O)[C@H](Cc1ccccc1)NC(=O)CNC(=O)CNC(=O)[C@H](CCC(=O)NC1O[C@H](CO)[C@@H](O)[C@H]1O)NC(=O)CCNC(=O)CCNC(=O)CN1C(=O)C=CC1=O)CC3. The molecule has 0 saturated carbocycles. The summed E-state index contributed by atoms with van der Waals surface area (Å²) >= 11 is 0. The minimum absolute atomic E-state index is 0.01000. The number of fused-ring (bicyclic) bond motifs is 5. The van der Waals surface area contributed by atoms with E-state index in [1.54, 1.807) is 44.2 Å². The summed E-state index contributed by atoms with van der Waals surface area (Å²) in [6.07, 6.45) is -4.93. The third-order valence-corrected chi connectivity index (χ3v) is 17.3. The van der Waals surface area contributed by atoms with Crippen LogP contribution < -0.4 is 58.7 Å². The summed E-state index contributed by atoms with van der Waals surface area (Å²) in [6, 6.07) is 7.72. The van der Waals surface area contributed by atoms with Crippen molar-refractivity contribution < 1.29 is 101 Å². The summed E-state index contributed by atoms with van der Waals surface area (Å²) in [5.74, 6) is -10.7. The fourth-order valence-electron chi connectivity index (χ4n) is 12.0. The summed E-state index contributed by atoms with van der Waals surface area (Å²) in [4.78, 5) is 186. The molecule has 4 aliphatic heterocycles. The zero-order chi connectivity index (χ0) is 71.4. The number of nitrogens with one attached hydrogen (secondary N) is 10. The highest BCUT2D eigenvalue weighted by Crippen LogP contribution is 2.46. The van der Waals surface area contributed by atoms with E-state index in [9.17, 15) is 87.5 Å². The number of amides is 12. The number of cyclic esters (lactones) is 1. The van der Waals surface area contributed by atoms with Crippen LogP contribution in [-0.2, 0) is 108 Å². The third-order valence-electron chi connectivity index (χ3n) is 17.3. The van der Waals surface area contributed by atoms with E-state index in [2.05, 4.69) is 53.2 Å². The molecule has 0 bridgehead atoms.